The minimum absolute atomic E-state index is 0.579. The molecule has 0 amide bonds. The molecule has 1 aromatic carbocycles. The molecular weight excluding hydrogens is 188 g/mol. The molecule has 1 heterocycles. The summed E-state index contributed by atoms with van der Waals surface area (Å²) in [6, 6.07) is 6.00. The van der Waals surface area contributed by atoms with Crippen LogP contribution in [-0.4, -0.2) is 10.1 Å². The average molecular weight is 200 g/mol. The number of aryl methyl sites for hydroxylation is 2. The molecule has 0 aliphatic carbocycles. The van der Waals surface area contributed by atoms with Crippen LogP contribution in [0.25, 0.3) is 17.5 Å². The van der Waals surface area contributed by atoms with Crippen molar-refractivity contribution < 1.29 is 4.52 Å². The van der Waals surface area contributed by atoms with Gasteiger partial charge in [-0.1, -0.05) is 29.9 Å². The van der Waals surface area contributed by atoms with Crippen LogP contribution in [0, 0.1) is 13.8 Å². The largest absolute Gasteiger partial charge is 0.339 e. The predicted octanol–water partition coefficient (Wildman–Crippen LogP) is 3.00. The van der Waals surface area contributed by atoms with Gasteiger partial charge in [0.25, 0.3) is 0 Å². The summed E-state index contributed by atoms with van der Waals surface area (Å²) in [5, 5.41) is 3.87. The van der Waals surface area contributed by atoms with E-state index < -0.39 is 0 Å². The average Bonchev–Trinajstić information content (AvgIpc) is 2.65. The zero-order chi connectivity index (χ0) is 10.8. The molecule has 2 aromatic rings. The van der Waals surface area contributed by atoms with Gasteiger partial charge in [0.1, 0.15) is 0 Å². The van der Waals surface area contributed by atoms with Gasteiger partial charge in [0.2, 0.25) is 11.7 Å². The maximum atomic E-state index is 4.93. The van der Waals surface area contributed by atoms with E-state index >= 15 is 0 Å². The summed E-state index contributed by atoms with van der Waals surface area (Å²) in [4.78, 5) is 4.17. The molecule has 0 aliphatic rings. The zero-order valence-corrected chi connectivity index (χ0v) is 8.82. The fourth-order valence-corrected chi connectivity index (χ4v) is 1.46. The quantitative estimate of drug-likeness (QED) is 0.748. The highest BCUT2D eigenvalue weighted by molar-refractivity contribution is 5.61. The first-order chi connectivity index (χ1) is 7.20. The summed E-state index contributed by atoms with van der Waals surface area (Å²) in [6.07, 6.45) is 1.83. The van der Waals surface area contributed by atoms with Gasteiger partial charge in [-0.05, 0) is 24.1 Å². The van der Waals surface area contributed by atoms with Crippen molar-refractivity contribution in [1.29, 1.82) is 0 Å². The number of rotatable bonds is 2. The molecule has 0 saturated carbocycles. The van der Waals surface area contributed by atoms with Gasteiger partial charge in [0, 0.05) is 12.5 Å². The number of benzene rings is 1. The minimum atomic E-state index is 0.579. The summed E-state index contributed by atoms with van der Waals surface area (Å²) in [7, 11) is 0. The highest BCUT2D eigenvalue weighted by atomic mass is 16.5. The second kappa shape index (κ2) is 3.69. The zero-order valence-electron chi connectivity index (χ0n) is 8.82. The first-order valence-electron chi connectivity index (χ1n) is 4.74. The van der Waals surface area contributed by atoms with Gasteiger partial charge in [0.15, 0.2) is 0 Å². The third kappa shape index (κ3) is 1.81. The fraction of sp³-hybridized carbons (Fsp3) is 0.167. The molecule has 1 aromatic heterocycles. The Labute approximate surface area is 88.4 Å². The minimum Gasteiger partial charge on any atom is -0.339 e. The van der Waals surface area contributed by atoms with Gasteiger partial charge in [-0.15, -0.1) is 0 Å². The topological polar surface area (TPSA) is 38.9 Å². The van der Waals surface area contributed by atoms with Crippen LogP contribution in [0.5, 0.6) is 0 Å². The molecule has 15 heavy (non-hydrogen) atoms. The van der Waals surface area contributed by atoms with Crippen LogP contribution in [0.15, 0.2) is 29.3 Å². The van der Waals surface area contributed by atoms with E-state index in [1.54, 1.807) is 6.92 Å². The van der Waals surface area contributed by atoms with E-state index in [1.165, 1.54) is 0 Å². The molecule has 0 spiro atoms. The molecule has 0 bridgehead atoms. The van der Waals surface area contributed by atoms with Crippen molar-refractivity contribution in [2.24, 2.45) is 0 Å². The van der Waals surface area contributed by atoms with E-state index in [1.807, 2.05) is 31.2 Å². The van der Waals surface area contributed by atoms with Crippen LogP contribution in [-0.2, 0) is 0 Å². The normalized spacial score (nSPS) is 10.3. The molecule has 0 radical (unpaired) electrons. The Morgan fingerprint density at radius 3 is 2.67 bits per heavy atom. The highest BCUT2D eigenvalue weighted by Crippen LogP contribution is 2.20. The van der Waals surface area contributed by atoms with Gasteiger partial charge in [-0.3, -0.25) is 0 Å². The lowest BCUT2D eigenvalue weighted by atomic mass is 10.1. The molecular formula is C12H12N2O. The van der Waals surface area contributed by atoms with Crippen molar-refractivity contribution in [3.63, 3.8) is 0 Å². The van der Waals surface area contributed by atoms with Gasteiger partial charge < -0.3 is 4.52 Å². The van der Waals surface area contributed by atoms with Crippen LogP contribution in [0.4, 0.5) is 0 Å². The van der Waals surface area contributed by atoms with E-state index in [0.717, 1.165) is 16.7 Å². The van der Waals surface area contributed by atoms with Crippen LogP contribution in [0.3, 0.4) is 0 Å². The summed E-state index contributed by atoms with van der Waals surface area (Å²) in [5.41, 5.74) is 3.25. The first kappa shape index (κ1) is 9.65. The van der Waals surface area contributed by atoms with E-state index in [0.29, 0.717) is 11.7 Å². The Kier molecular flexibility index (Phi) is 2.37. The third-order valence-electron chi connectivity index (χ3n) is 2.28. The van der Waals surface area contributed by atoms with Crippen LogP contribution in [0.2, 0.25) is 0 Å². The van der Waals surface area contributed by atoms with Crippen molar-refractivity contribution in [3.8, 4) is 11.4 Å². The maximum absolute atomic E-state index is 4.93. The number of hydrogen-bond acceptors (Lipinski definition) is 3. The SMILES string of the molecule is C=Cc1ccc(-c2noc(C)n2)cc1C. The van der Waals surface area contributed by atoms with Gasteiger partial charge >= 0.3 is 0 Å². The number of nitrogens with zero attached hydrogens (tertiary/aromatic N) is 2. The molecule has 0 atom stereocenters. The van der Waals surface area contributed by atoms with Crippen LogP contribution in [0.1, 0.15) is 17.0 Å². The van der Waals surface area contributed by atoms with Crippen LogP contribution >= 0.6 is 0 Å². The van der Waals surface area contributed by atoms with Crippen molar-refractivity contribution in [2.75, 3.05) is 0 Å². The Morgan fingerprint density at radius 2 is 2.13 bits per heavy atom. The van der Waals surface area contributed by atoms with Crippen molar-refractivity contribution >= 4 is 6.08 Å². The second-order valence-corrected chi connectivity index (χ2v) is 3.41. The molecule has 0 unspecified atom stereocenters. The molecule has 0 fully saturated rings. The lowest BCUT2D eigenvalue weighted by Gasteiger charge is -2.01. The monoisotopic (exact) mass is 200 g/mol. The Balaban J connectivity index is 2.46. The summed E-state index contributed by atoms with van der Waals surface area (Å²) >= 11 is 0. The molecule has 0 N–H and O–H groups in total. The predicted molar refractivity (Wildman–Crippen MR) is 59.3 cm³/mol. The molecule has 76 valence electrons. The highest BCUT2D eigenvalue weighted by Gasteiger charge is 2.06. The molecule has 2 rings (SSSR count). The van der Waals surface area contributed by atoms with Gasteiger partial charge in [-0.2, -0.15) is 4.98 Å². The van der Waals surface area contributed by atoms with E-state index in [2.05, 4.69) is 16.7 Å². The van der Waals surface area contributed by atoms with Gasteiger partial charge in [0.05, 0.1) is 0 Å². The summed E-state index contributed by atoms with van der Waals surface area (Å²) < 4.78 is 4.93. The van der Waals surface area contributed by atoms with Crippen molar-refractivity contribution in [1.82, 2.24) is 10.1 Å². The molecule has 3 heteroatoms. The molecule has 0 saturated heterocycles. The molecule has 3 nitrogen and oxygen atoms in total. The number of hydrogen-bond donors (Lipinski definition) is 0. The Hall–Kier alpha value is -1.90. The second-order valence-electron chi connectivity index (χ2n) is 3.41. The lowest BCUT2D eigenvalue weighted by Crippen LogP contribution is -1.85. The molecule has 0 aliphatic heterocycles. The fourth-order valence-electron chi connectivity index (χ4n) is 1.46. The lowest BCUT2D eigenvalue weighted by molar-refractivity contribution is 0.394. The number of aromatic nitrogens is 2. The Bertz CT molecular complexity index is 500. The standard InChI is InChI=1S/C12H12N2O/c1-4-10-5-6-11(7-8(10)2)12-13-9(3)15-14-12/h4-7H,1H2,2-3H3. The summed E-state index contributed by atoms with van der Waals surface area (Å²) in [6.45, 7) is 7.56. The summed E-state index contributed by atoms with van der Waals surface area (Å²) in [5.74, 6) is 1.21. The van der Waals surface area contributed by atoms with E-state index in [4.69, 9.17) is 4.52 Å². The van der Waals surface area contributed by atoms with Crippen molar-refractivity contribution in [3.05, 3.63) is 41.8 Å². The maximum Gasteiger partial charge on any atom is 0.223 e. The smallest absolute Gasteiger partial charge is 0.223 e. The van der Waals surface area contributed by atoms with E-state index in [9.17, 15) is 0 Å². The van der Waals surface area contributed by atoms with Crippen molar-refractivity contribution in [2.45, 2.75) is 13.8 Å². The van der Waals surface area contributed by atoms with Crippen LogP contribution < -0.4 is 0 Å². The Morgan fingerprint density at radius 1 is 1.33 bits per heavy atom. The van der Waals surface area contributed by atoms with E-state index in [-0.39, 0.29) is 0 Å². The first-order valence-corrected chi connectivity index (χ1v) is 4.74. The third-order valence-corrected chi connectivity index (χ3v) is 2.28. The van der Waals surface area contributed by atoms with Gasteiger partial charge in [-0.25, -0.2) is 0 Å².